The molecule has 0 aliphatic heterocycles. The van der Waals surface area contributed by atoms with Crippen molar-refractivity contribution in [2.45, 2.75) is 13.0 Å². The summed E-state index contributed by atoms with van der Waals surface area (Å²) in [7, 11) is 0. The van der Waals surface area contributed by atoms with Gasteiger partial charge in [-0.25, -0.2) is 8.78 Å². The quantitative estimate of drug-likeness (QED) is 0.893. The summed E-state index contributed by atoms with van der Waals surface area (Å²) < 4.78 is 26.9. The number of hydrogen-bond donors (Lipinski definition) is 1. The lowest BCUT2D eigenvalue weighted by molar-refractivity contribution is 0.494. The normalized spacial score (nSPS) is 11.8. The Morgan fingerprint density at radius 1 is 1.25 bits per heavy atom. The van der Waals surface area contributed by atoms with E-state index in [2.05, 4.69) is 5.32 Å². The second-order valence-electron chi connectivity index (χ2n) is 4.32. The highest BCUT2D eigenvalue weighted by Crippen LogP contribution is 2.28. The minimum Gasteiger partial charge on any atom is -0.377 e. The summed E-state index contributed by atoms with van der Waals surface area (Å²) >= 11 is 6.02. The lowest BCUT2D eigenvalue weighted by Crippen LogP contribution is -2.10. The Morgan fingerprint density at radius 2 is 2.00 bits per heavy atom. The number of halogens is 3. The van der Waals surface area contributed by atoms with Gasteiger partial charge in [0.05, 0.1) is 28.4 Å². The van der Waals surface area contributed by atoms with Crippen molar-refractivity contribution in [1.82, 2.24) is 0 Å². The van der Waals surface area contributed by atoms with Crippen LogP contribution in [0.5, 0.6) is 0 Å². The molecule has 0 spiro atoms. The van der Waals surface area contributed by atoms with E-state index < -0.39 is 17.7 Å². The predicted octanol–water partition coefficient (Wildman–Crippen LogP) is 4.66. The molecule has 0 aliphatic rings. The third kappa shape index (κ3) is 2.89. The van der Waals surface area contributed by atoms with Crippen molar-refractivity contribution in [3.05, 3.63) is 64.2 Å². The number of nitrogens with one attached hydrogen (secondary N) is 1. The topological polar surface area (TPSA) is 35.8 Å². The fraction of sp³-hybridized carbons (Fsp3) is 0.133. The molecule has 2 aromatic carbocycles. The molecule has 0 amide bonds. The van der Waals surface area contributed by atoms with Crippen molar-refractivity contribution in [3.8, 4) is 6.07 Å². The molecule has 2 rings (SSSR count). The van der Waals surface area contributed by atoms with Crippen LogP contribution in [0.25, 0.3) is 0 Å². The van der Waals surface area contributed by atoms with Crippen LogP contribution in [0.15, 0.2) is 36.4 Å². The third-order valence-electron chi connectivity index (χ3n) is 2.92. The second kappa shape index (κ2) is 5.89. The Hall–Kier alpha value is -2.12. The van der Waals surface area contributed by atoms with Gasteiger partial charge in [-0.15, -0.1) is 0 Å². The number of anilines is 1. The molecule has 1 unspecified atom stereocenters. The molecule has 0 saturated heterocycles. The smallest absolute Gasteiger partial charge is 0.164 e. The van der Waals surface area contributed by atoms with E-state index in [4.69, 9.17) is 16.9 Å². The van der Waals surface area contributed by atoms with Crippen LogP contribution in [0.2, 0.25) is 5.02 Å². The molecule has 0 saturated carbocycles. The zero-order valence-electron chi connectivity index (χ0n) is 10.6. The molecule has 2 aromatic rings. The van der Waals surface area contributed by atoms with Crippen LogP contribution >= 0.6 is 11.6 Å². The van der Waals surface area contributed by atoms with Crippen LogP contribution < -0.4 is 5.32 Å². The summed E-state index contributed by atoms with van der Waals surface area (Å²) in [4.78, 5) is 0. The van der Waals surface area contributed by atoms with Gasteiger partial charge in [-0.2, -0.15) is 5.26 Å². The lowest BCUT2D eigenvalue weighted by Gasteiger charge is -2.17. The molecule has 0 heterocycles. The van der Waals surface area contributed by atoms with Crippen molar-refractivity contribution in [2.24, 2.45) is 0 Å². The van der Waals surface area contributed by atoms with Gasteiger partial charge in [-0.05, 0) is 31.2 Å². The van der Waals surface area contributed by atoms with E-state index >= 15 is 0 Å². The van der Waals surface area contributed by atoms with E-state index in [1.807, 2.05) is 6.07 Å². The first-order chi connectivity index (χ1) is 9.52. The maximum absolute atomic E-state index is 13.7. The van der Waals surface area contributed by atoms with E-state index in [9.17, 15) is 8.78 Å². The van der Waals surface area contributed by atoms with Crippen LogP contribution in [-0.2, 0) is 0 Å². The van der Waals surface area contributed by atoms with Gasteiger partial charge >= 0.3 is 0 Å². The first-order valence-corrected chi connectivity index (χ1v) is 6.31. The summed E-state index contributed by atoms with van der Waals surface area (Å²) in [5.74, 6) is -1.78. The van der Waals surface area contributed by atoms with Crippen LogP contribution in [-0.4, -0.2) is 0 Å². The average Bonchev–Trinajstić information content (AvgIpc) is 2.44. The maximum atomic E-state index is 13.7. The Morgan fingerprint density at radius 3 is 2.70 bits per heavy atom. The summed E-state index contributed by atoms with van der Waals surface area (Å²) in [5.41, 5.74) is 1.13. The predicted molar refractivity (Wildman–Crippen MR) is 74.6 cm³/mol. The molecule has 0 fully saturated rings. The fourth-order valence-corrected chi connectivity index (χ4v) is 2.04. The average molecular weight is 293 g/mol. The second-order valence-corrected chi connectivity index (χ2v) is 4.72. The van der Waals surface area contributed by atoms with Gasteiger partial charge in [0.2, 0.25) is 0 Å². The Labute approximate surface area is 120 Å². The molecule has 0 bridgehead atoms. The first-order valence-electron chi connectivity index (χ1n) is 5.93. The van der Waals surface area contributed by atoms with Gasteiger partial charge in [0.1, 0.15) is 0 Å². The third-order valence-corrected chi connectivity index (χ3v) is 3.25. The van der Waals surface area contributed by atoms with E-state index in [1.165, 1.54) is 12.1 Å². The number of rotatable bonds is 3. The molecule has 20 heavy (non-hydrogen) atoms. The summed E-state index contributed by atoms with van der Waals surface area (Å²) in [6, 6.07) is 10.2. The zero-order chi connectivity index (χ0) is 14.7. The van der Waals surface area contributed by atoms with E-state index in [0.29, 0.717) is 16.3 Å². The standard InChI is InChI=1S/C15H11ClF2N2/c1-9(11-3-2-4-13(17)15(11)18)20-14-7-10(8-19)5-6-12(14)16/h2-7,9,20H,1H3. The van der Waals surface area contributed by atoms with Gasteiger partial charge in [0.15, 0.2) is 11.6 Å². The van der Waals surface area contributed by atoms with Crippen LogP contribution in [0.1, 0.15) is 24.1 Å². The van der Waals surface area contributed by atoms with Gasteiger partial charge < -0.3 is 5.32 Å². The number of benzene rings is 2. The van der Waals surface area contributed by atoms with Crippen LogP contribution in [0, 0.1) is 23.0 Å². The molecule has 2 nitrogen and oxygen atoms in total. The van der Waals surface area contributed by atoms with Gasteiger partial charge in [0.25, 0.3) is 0 Å². The number of hydrogen-bond acceptors (Lipinski definition) is 2. The summed E-state index contributed by atoms with van der Waals surface area (Å²) in [6.45, 7) is 1.69. The van der Waals surface area contributed by atoms with Gasteiger partial charge in [-0.3, -0.25) is 0 Å². The van der Waals surface area contributed by atoms with Crippen molar-refractivity contribution in [1.29, 1.82) is 5.26 Å². The largest absolute Gasteiger partial charge is 0.377 e. The highest BCUT2D eigenvalue weighted by Gasteiger charge is 2.15. The van der Waals surface area contributed by atoms with Crippen molar-refractivity contribution in [3.63, 3.8) is 0 Å². The fourth-order valence-electron chi connectivity index (χ4n) is 1.87. The van der Waals surface area contributed by atoms with E-state index in [0.717, 1.165) is 6.07 Å². The molecule has 0 aliphatic carbocycles. The van der Waals surface area contributed by atoms with Crippen LogP contribution in [0.4, 0.5) is 14.5 Å². The minimum atomic E-state index is -0.895. The Kier molecular flexibility index (Phi) is 4.21. The zero-order valence-corrected chi connectivity index (χ0v) is 11.4. The molecule has 5 heteroatoms. The number of nitriles is 1. The van der Waals surface area contributed by atoms with E-state index in [1.54, 1.807) is 25.1 Å². The number of nitrogens with zero attached hydrogens (tertiary/aromatic N) is 1. The lowest BCUT2D eigenvalue weighted by atomic mass is 10.1. The summed E-state index contributed by atoms with van der Waals surface area (Å²) in [6.07, 6.45) is 0. The highest BCUT2D eigenvalue weighted by atomic mass is 35.5. The van der Waals surface area contributed by atoms with Gasteiger partial charge in [-0.1, -0.05) is 23.7 Å². The Bertz CT molecular complexity index is 680. The molecule has 0 radical (unpaired) electrons. The first kappa shape index (κ1) is 14.3. The summed E-state index contributed by atoms with van der Waals surface area (Å²) in [5, 5.41) is 12.2. The molecule has 1 N–H and O–H groups in total. The molecular weight excluding hydrogens is 282 g/mol. The van der Waals surface area contributed by atoms with Crippen LogP contribution in [0.3, 0.4) is 0 Å². The highest BCUT2D eigenvalue weighted by molar-refractivity contribution is 6.33. The minimum absolute atomic E-state index is 0.198. The molecule has 0 aromatic heterocycles. The van der Waals surface area contributed by atoms with Crippen molar-refractivity contribution < 1.29 is 8.78 Å². The Balaban J connectivity index is 2.30. The molecule has 1 atom stereocenters. The van der Waals surface area contributed by atoms with Crippen molar-refractivity contribution in [2.75, 3.05) is 5.32 Å². The maximum Gasteiger partial charge on any atom is 0.164 e. The molecule has 102 valence electrons. The van der Waals surface area contributed by atoms with Crippen molar-refractivity contribution >= 4 is 17.3 Å². The van der Waals surface area contributed by atoms with E-state index in [-0.39, 0.29) is 5.56 Å². The monoisotopic (exact) mass is 292 g/mol. The SMILES string of the molecule is CC(Nc1cc(C#N)ccc1Cl)c1cccc(F)c1F. The molecular formula is C15H11ClF2N2. The van der Waals surface area contributed by atoms with Gasteiger partial charge in [0, 0.05) is 5.56 Å².